The Hall–Kier alpha value is -2.58. The first-order chi connectivity index (χ1) is 20.2. The monoisotopic (exact) mass is 588 g/mol. The second-order valence-electron chi connectivity index (χ2n) is 12.6. The Bertz CT molecular complexity index is 1200. The van der Waals surface area contributed by atoms with E-state index in [1.54, 1.807) is 0 Å². The maximum absolute atomic E-state index is 6.82. The van der Waals surface area contributed by atoms with Crippen LogP contribution in [0.25, 0.3) is 0 Å². The van der Waals surface area contributed by atoms with E-state index in [0.29, 0.717) is 32.8 Å². The second-order valence-corrected chi connectivity index (χ2v) is 17.4. The van der Waals surface area contributed by atoms with Gasteiger partial charge in [-0.1, -0.05) is 118 Å². The summed E-state index contributed by atoms with van der Waals surface area (Å²) in [5.74, 6) is 0. The molecule has 1 aliphatic rings. The molecule has 3 aromatic carbocycles. The van der Waals surface area contributed by atoms with Gasteiger partial charge in [-0.15, -0.1) is 6.58 Å². The van der Waals surface area contributed by atoms with E-state index in [4.69, 9.17) is 23.4 Å². The normalized spacial score (nSPS) is 23.0. The summed E-state index contributed by atoms with van der Waals surface area (Å²) in [6, 6.07) is 30.7. The van der Waals surface area contributed by atoms with Gasteiger partial charge >= 0.3 is 0 Å². The quantitative estimate of drug-likeness (QED) is 0.141. The lowest BCUT2D eigenvalue weighted by Crippen LogP contribution is -2.61. The van der Waals surface area contributed by atoms with E-state index >= 15 is 0 Å². The molecule has 0 saturated carbocycles. The molecule has 1 saturated heterocycles. The maximum atomic E-state index is 6.82. The molecule has 42 heavy (non-hydrogen) atoms. The summed E-state index contributed by atoms with van der Waals surface area (Å²) in [5.41, 5.74) is 3.29. The smallest absolute Gasteiger partial charge is 0.192 e. The number of hydrogen-bond donors (Lipinski definition) is 0. The van der Waals surface area contributed by atoms with Gasteiger partial charge in [-0.3, -0.25) is 0 Å². The van der Waals surface area contributed by atoms with Crippen LogP contribution in [0.3, 0.4) is 0 Å². The van der Waals surface area contributed by atoms with E-state index in [-0.39, 0.29) is 29.5 Å². The minimum Gasteiger partial charge on any atom is -0.414 e. The van der Waals surface area contributed by atoms with Gasteiger partial charge in [-0.25, -0.2) is 0 Å². The highest BCUT2D eigenvalue weighted by Crippen LogP contribution is 2.38. The van der Waals surface area contributed by atoms with Crippen LogP contribution in [0.5, 0.6) is 0 Å². The van der Waals surface area contributed by atoms with Crippen molar-refractivity contribution in [3.05, 3.63) is 120 Å². The molecule has 0 bridgehead atoms. The molecule has 0 spiro atoms. The number of rotatable bonds is 14. The van der Waals surface area contributed by atoms with E-state index in [2.05, 4.69) is 76.8 Å². The molecule has 0 aliphatic carbocycles. The van der Waals surface area contributed by atoms with E-state index in [1.807, 2.05) is 60.7 Å². The van der Waals surface area contributed by atoms with Gasteiger partial charge in [0.1, 0.15) is 24.4 Å². The van der Waals surface area contributed by atoms with Crippen LogP contribution in [-0.4, -0.2) is 45.4 Å². The second kappa shape index (κ2) is 15.2. The average molecular weight is 589 g/mol. The van der Waals surface area contributed by atoms with Crippen LogP contribution in [0.1, 0.15) is 43.9 Å². The van der Waals surface area contributed by atoms with Crippen molar-refractivity contribution in [3.63, 3.8) is 0 Å². The third-order valence-corrected chi connectivity index (χ3v) is 12.9. The van der Waals surface area contributed by atoms with E-state index in [1.165, 1.54) is 0 Å². The average Bonchev–Trinajstić information content (AvgIpc) is 2.99. The standard InChI is InChI=1S/C36H48O5Si/c1-7-17-31-33(37-24-28-18-11-8-12-19-28)35(39-26-30-22-15-10-16-23-30)34(38-25-29-20-13-9-14-21-29)32(41-31)27-40-42(5,6)36(2,3)4/h7-16,18-23,31-35H,1,17,24-27H2,2-6H3/t31-,32-,33-,34-,35-/m1/s1. The predicted molar refractivity (Wildman–Crippen MR) is 172 cm³/mol. The van der Waals surface area contributed by atoms with E-state index in [0.717, 1.165) is 16.7 Å². The zero-order chi connectivity index (χ0) is 30.0. The third kappa shape index (κ3) is 8.96. The Balaban J connectivity index is 1.65. The predicted octanol–water partition coefficient (Wildman–Crippen LogP) is 8.11. The van der Waals surface area contributed by atoms with Crippen molar-refractivity contribution in [3.8, 4) is 0 Å². The van der Waals surface area contributed by atoms with Crippen molar-refractivity contribution in [2.45, 2.75) is 95.7 Å². The lowest BCUT2D eigenvalue weighted by atomic mass is 9.92. The molecule has 0 radical (unpaired) electrons. The van der Waals surface area contributed by atoms with Crippen LogP contribution in [-0.2, 0) is 43.2 Å². The Morgan fingerprint density at radius 1 is 0.667 bits per heavy atom. The molecule has 6 heteroatoms. The van der Waals surface area contributed by atoms with Crippen molar-refractivity contribution in [1.29, 1.82) is 0 Å². The third-order valence-electron chi connectivity index (χ3n) is 8.40. The van der Waals surface area contributed by atoms with Gasteiger partial charge < -0.3 is 23.4 Å². The molecular formula is C36H48O5Si. The fourth-order valence-corrected chi connectivity index (χ4v) is 5.89. The van der Waals surface area contributed by atoms with Crippen molar-refractivity contribution in [2.24, 2.45) is 0 Å². The van der Waals surface area contributed by atoms with Crippen LogP contribution in [0, 0.1) is 0 Å². The highest BCUT2D eigenvalue weighted by molar-refractivity contribution is 6.74. The number of hydrogen-bond acceptors (Lipinski definition) is 5. The summed E-state index contributed by atoms with van der Waals surface area (Å²) < 4.78 is 33.7. The molecule has 0 aromatic heterocycles. The first-order valence-corrected chi connectivity index (χ1v) is 18.0. The first kappa shape index (κ1) is 32.3. The molecule has 0 N–H and O–H groups in total. The fraction of sp³-hybridized carbons (Fsp3) is 0.444. The molecule has 5 nitrogen and oxygen atoms in total. The number of ether oxygens (including phenoxy) is 4. The van der Waals surface area contributed by atoms with Crippen LogP contribution in [0.4, 0.5) is 0 Å². The lowest BCUT2D eigenvalue weighted by molar-refractivity contribution is -0.268. The molecule has 5 atom stereocenters. The van der Waals surface area contributed by atoms with Crippen molar-refractivity contribution < 1.29 is 23.4 Å². The molecule has 1 heterocycles. The van der Waals surface area contributed by atoms with E-state index in [9.17, 15) is 0 Å². The van der Waals surface area contributed by atoms with Gasteiger partial charge in [0, 0.05) is 0 Å². The van der Waals surface area contributed by atoms with Crippen LogP contribution >= 0.6 is 0 Å². The van der Waals surface area contributed by atoms with E-state index < -0.39 is 14.4 Å². The van der Waals surface area contributed by atoms with Gasteiger partial charge in [0.2, 0.25) is 0 Å². The lowest BCUT2D eigenvalue weighted by Gasteiger charge is -2.47. The van der Waals surface area contributed by atoms with Crippen LogP contribution < -0.4 is 0 Å². The largest absolute Gasteiger partial charge is 0.414 e. The zero-order valence-electron chi connectivity index (χ0n) is 25.9. The molecule has 0 unspecified atom stereocenters. The van der Waals surface area contributed by atoms with Crippen molar-refractivity contribution in [1.82, 2.24) is 0 Å². The molecule has 0 amide bonds. The Morgan fingerprint density at radius 3 is 1.48 bits per heavy atom. The van der Waals surface area contributed by atoms with Gasteiger partial charge in [0.25, 0.3) is 0 Å². The van der Waals surface area contributed by atoms with Gasteiger partial charge in [0.05, 0.1) is 32.5 Å². The minimum atomic E-state index is -2.04. The Labute approximate surface area is 253 Å². The fourth-order valence-electron chi connectivity index (χ4n) is 4.88. The summed E-state index contributed by atoms with van der Waals surface area (Å²) in [5, 5.41) is 0.0765. The topological polar surface area (TPSA) is 46.2 Å². The molecule has 3 aromatic rings. The van der Waals surface area contributed by atoms with Crippen LogP contribution in [0.15, 0.2) is 104 Å². The summed E-state index contributed by atoms with van der Waals surface area (Å²) >= 11 is 0. The zero-order valence-corrected chi connectivity index (χ0v) is 26.9. The SMILES string of the molecule is C=CC[C@H]1O[C@H](CO[Si](C)(C)C(C)(C)C)[C@@H](OCc2ccccc2)[C@H](OCc2ccccc2)[C@@H]1OCc1ccccc1. The molecule has 1 aliphatic heterocycles. The molecule has 4 rings (SSSR count). The molecule has 1 fully saturated rings. The summed E-state index contributed by atoms with van der Waals surface area (Å²) in [7, 11) is -2.04. The highest BCUT2D eigenvalue weighted by Gasteiger charge is 2.49. The molecule has 226 valence electrons. The van der Waals surface area contributed by atoms with Crippen molar-refractivity contribution >= 4 is 8.32 Å². The van der Waals surface area contributed by atoms with Gasteiger partial charge in [-0.2, -0.15) is 0 Å². The summed E-state index contributed by atoms with van der Waals surface area (Å²) in [4.78, 5) is 0. The summed E-state index contributed by atoms with van der Waals surface area (Å²) in [6.07, 6.45) is 0.796. The Kier molecular flexibility index (Phi) is 11.7. The minimum absolute atomic E-state index is 0.0765. The maximum Gasteiger partial charge on any atom is 0.192 e. The summed E-state index contributed by atoms with van der Waals surface area (Å²) in [6.45, 7) is 17.1. The molecular weight excluding hydrogens is 540 g/mol. The van der Waals surface area contributed by atoms with Gasteiger partial charge in [-0.05, 0) is 41.2 Å². The van der Waals surface area contributed by atoms with Crippen LogP contribution in [0.2, 0.25) is 18.1 Å². The van der Waals surface area contributed by atoms with Crippen molar-refractivity contribution in [2.75, 3.05) is 6.61 Å². The first-order valence-electron chi connectivity index (χ1n) is 15.0. The Morgan fingerprint density at radius 2 is 1.07 bits per heavy atom. The van der Waals surface area contributed by atoms with Gasteiger partial charge in [0.15, 0.2) is 8.32 Å². The highest BCUT2D eigenvalue weighted by atomic mass is 28.4. The number of benzene rings is 3.